The van der Waals surface area contributed by atoms with Gasteiger partial charge in [0.15, 0.2) is 28.9 Å². The zero-order chi connectivity index (χ0) is 47.6. The Balaban J connectivity index is 1.25. The number of fused-ring (bicyclic) bond motifs is 2. The molecule has 0 aliphatic rings. The number of ether oxygens (including phenoxy) is 1. The maximum absolute atomic E-state index is 14.2. The van der Waals surface area contributed by atoms with Gasteiger partial charge in [-0.2, -0.15) is 0 Å². The number of aliphatic imine (C=N–C) groups is 1. The molecule has 5 rings (SSSR count). The normalized spacial score (nSPS) is 11.3. The van der Waals surface area contributed by atoms with Crippen molar-refractivity contribution in [2.45, 2.75) is 57.8 Å². The molecular weight excluding hydrogens is 865 g/mol. The SMILES string of the molecule is NC(N)=NCCC[C@H](NC(=O)CCCCNC(=O)CN(C(=O)CN(CCNC(=O)OCc1ccccc1)C(=O)Cn1cnc2c(N)ncnc21)C(=O)Cn1cnc2c(N)ncnc21)C(=O)O. The van der Waals surface area contributed by atoms with Crippen molar-refractivity contribution in [1.29, 1.82) is 0 Å². The molecule has 1 aromatic carbocycles. The van der Waals surface area contributed by atoms with E-state index < -0.39 is 73.8 Å². The lowest BCUT2D eigenvalue weighted by molar-refractivity contribution is -0.151. The van der Waals surface area contributed by atoms with Crippen LogP contribution >= 0.6 is 0 Å². The topological polar surface area (TPSA) is 395 Å². The van der Waals surface area contributed by atoms with Crippen LogP contribution < -0.4 is 38.9 Å². The Bertz CT molecular complexity index is 2540. The Morgan fingerprint density at radius 2 is 1.38 bits per heavy atom. The lowest BCUT2D eigenvalue weighted by Crippen LogP contribution is -2.51. The number of alkyl carbamates (subject to hydrolysis) is 1. The molecule has 4 aromatic heterocycles. The molecule has 0 bridgehead atoms. The number of rotatable bonds is 24. The second-order valence-corrected chi connectivity index (χ2v) is 14.5. The fraction of sp³-hybridized carbons (Fsp3) is 0.385. The van der Waals surface area contributed by atoms with Crippen LogP contribution in [0, 0.1) is 0 Å². The molecule has 27 nitrogen and oxygen atoms in total. The van der Waals surface area contributed by atoms with Crippen LogP contribution in [-0.4, -0.2) is 147 Å². The fourth-order valence-corrected chi connectivity index (χ4v) is 6.29. The molecule has 0 unspecified atom stereocenters. The number of benzene rings is 1. The van der Waals surface area contributed by atoms with E-state index in [9.17, 15) is 38.7 Å². The number of guanidine groups is 1. The number of nitrogens with zero attached hydrogens (tertiary/aromatic N) is 11. The first-order valence-electron chi connectivity index (χ1n) is 20.4. The maximum atomic E-state index is 14.2. The molecule has 12 N–H and O–H groups in total. The van der Waals surface area contributed by atoms with Gasteiger partial charge >= 0.3 is 12.1 Å². The van der Waals surface area contributed by atoms with Crippen LogP contribution in [0.5, 0.6) is 0 Å². The van der Waals surface area contributed by atoms with E-state index in [0.717, 1.165) is 10.5 Å². The highest BCUT2D eigenvalue weighted by molar-refractivity contribution is 6.01. The Kier molecular flexibility index (Phi) is 17.5. The molecule has 1 atom stereocenters. The van der Waals surface area contributed by atoms with Crippen LogP contribution in [0.25, 0.3) is 22.3 Å². The lowest BCUT2D eigenvalue weighted by atomic mass is 10.1. The summed E-state index contributed by atoms with van der Waals surface area (Å²) in [4.78, 5) is 122. The van der Waals surface area contributed by atoms with E-state index in [4.69, 9.17) is 27.7 Å². The Morgan fingerprint density at radius 1 is 0.742 bits per heavy atom. The van der Waals surface area contributed by atoms with Crippen molar-refractivity contribution in [3.63, 3.8) is 0 Å². The highest BCUT2D eigenvalue weighted by atomic mass is 16.5. The first-order valence-corrected chi connectivity index (χ1v) is 20.4. The van der Waals surface area contributed by atoms with Crippen molar-refractivity contribution in [2.75, 3.05) is 50.7 Å². The van der Waals surface area contributed by atoms with Crippen molar-refractivity contribution in [3.8, 4) is 0 Å². The first kappa shape index (κ1) is 48.5. The first-order chi connectivity index (χ1) is 31.7. The Hall–Kier alpha value is -8.52. The van der Waals surface area contributed by atoms with Gasteiger partial charge in [0.05, 0.1) is 12.7 Å². The van der Waals surface area contributed by atoms with Crippen molar-refractivity contribution in [2.24, 2.45) is 16.5 Å². The minimum absolute atomic E-state index is 0.0230. The number of nitrogen functional groups attached to an aromatic ring is 2. The van der Waals surface area contributed by atoms with Crippen molar-refractivity contribution in [1.82, 2.24) is 64.8 Å². The summed E-state index contributed by atoms with van der Waals surface area (Å²) in [5.41, 5.74) is 24.0. The lowest BCUT2D eigenvalue weighted by Gasteiger charge is -2.27. The largest absolute Gasteiger partial charge is 0.480 e. The van der Waals surface area contributed by atoms with E-state index in [1.54, 1.807) is 24.3 Å². The third-order valence-corrected chi connectivity index (χ3v) is 9.65. The van der Waals surface area contributed by atoms with Crippen molar-refractivity contribution in [3.05, 3.63) is 61.2 Å². The molecule has 27 heteroatoms. The van der Waals surface area contributed by atoms with Crippen molar-refractivity contribution >= 4 is 81.5 Å². The number of carbonyl (C=O) groups excluding carboxylic acids is 6. The summed E-state index contributed by atoms with van der Waals surface area (Å²) in [6, 6.07) is 7.78. The quantitative estimate of drug-likeness (QED) is 0.0186. The van der Waals surface area contributed by atoms with Crippen LogP contribution in [-0.2, 0) is 53.2 Å². The fourth-order valence-electron chi connectivity index (χ4n) is 6.29. The van der Waals surface area contributed by atoms with Crippen LogP contribution in [0.4, 0.5) is 16.4 Å². The number of aliphatic carboxylic acids is 1. The average Bonchev–Trinajstić information content (AvgIpc) is 3.90. The molecule has 0 saturated heterocycles. The molecule has 0 saturated carbocycles. The Morgan fingerprint density at radius 3 is 2.00 bits per heavy atom. The predicted octanol–water partition coefficient (Wildman–Crippen LogP) is -2.15. The van der Waals surface area contributed by atoms with Gasteiger partial charge in [-0.3, -0.25) is 33.9 Å². The van der Waals surface area contributed by atoms with Gasteiger partial charge in [-0.25, -0.2) is 39.5 Å². The molecule has 4 heterocycles. The van der Waals surface area contributed by atoms with Gasteiger partial charge in [0.2, 0.25) is 29.5 Å². The number of hydrogen-bond acceptors (Lipinski definition) is 17. The number of hydrogen-bond donors (Lipinski definition) is 8. The van der Waals surface area contributed by atoms with Gasteiger partial charge in [0.25, 0.3) is 0 Å². The molecule has 0 radical (unpaired) electrons. The molecular formula is C39H50N18O9. The molecule has 0 aliphatic heterocycles. The minimum atomic E-state index is -1.22. The second kappa shape index (κ2) is 23.8. The van der Waals surface area contributed by atoms with Gasteiger partial charge in [-0.05, 0) is 31.2 Å². The molecule has 0 aliphatic carbocycles. The molecule has 66 heavy (non-hydrogen) atoms. The zero-order valence-corrected chi connectivity index (χ0v) is 35.6. The standard InChI is InChI=1S/C39H50N18O9/c40-33-31-35(49-20-47-33)55(22-51-31)16-28(60)54(14-13-46-39(65)66-19-24-7-2-1-3-8-24)17-29(61)57(30(62)18-56-23-52-32-34(41)48-21-50-36(32)56)15-27(59)44-11-5-4-10-26(58)53-25(37(63)64)9-6-12-45-38(42)43/h1-3,7-8,20-23,25H,4-6,9-19H2,(H,44,59)(H,46,65)(H,53,58)(H,63,64)(H2,40,47,49)(H2,41,48,50)(H4,42,43,45)/t25-/m0/s1. The van der Waals surface area contributed by atoms with Crippen LogP contribution in [0.15, 0.2) is 60.6 Å². The number of unbranched alkanes of at least 4 members (excludes halogenated alkanes) is 1. The van der Waals surface area contributed by atoms with Crippen molar-refractivity contribution < 1.29 is 43.4 Å². The van der Waals surface area contributed by atoms with Crippen LogP contribution in [0.2, 0.25) is 0 Å². The van der Waals surface area contributed by atoms with E-state index in [2.05, 4.69) is 50.8 Å². The summed E-state index contributed by atoms with van der Waals surface area (Å²) >= 11 is 0. The average molecular weight is 915 g/mol. The Labute approximate surface area is 375 Å². The number of aromatic nitrogens is 8. The third-order valence-electron chi connectivity index (χ3n) is 9.65. The van der Waals surface area contributed by atoms with Gasteiger partial charge in [0, 0.05) is 32.6 Å². The van der Waals surface area contributed by atoms with Crippen LogP contribution in [0.1, 0.15) is 37.7 Å². The smallest absolute Gasteiger partial charge is 0.407 e. The maximum Gasteiger partial charge on any atom is 0.407 e. The number of nitrogens with two attached hydrogens (primary N) is 4. The summed E-state index contributed by atoms with van der Waals surface area (Å²) in [6.45, 7) is -2.68. The number of imidazole rings is 2. The molecule has 350 valence electrons. The number of amides is 6. The molecule has 6 amide bonds. The second-order valence-electron chi connectivity index (χ2n) is 14.5. The summed E-state index contributed by atoms with van der Waals surface area (Å²) in [6.07, 6.45) is 5.04. The molecule has 0 spiro atoms. The van der Waals surface area contributed by atoms with Gasteiger partial charge in [-0.1, -0.05) is 30.3 Å². The summed E-state index contributed by atoms with van der Waals surface area (Å²) in [7, 11) is 0. The van der Waals surface area contributed by atoms with Gasteiger partial charge in [-0.15, -0.1) is 0 Å². The summed E-state index contributed by atoms with van der Waals surface area (Å²) in [5.74, 6) is -5.00. The molecule has 0 fully saturated rings. The van der Waals surface area contributed by atoms with E-state index in [-0.39, 0.29) is 98.4 Å². The molecule has 5 aromatic rings. The number of anilines is 2. The van der Waals surface area contributed by atoms with Gasteiger partial charge in [0.1, 0.15) is 62.5 Å². The number of nitrogens with one attached hydrogen (secondary N) is 3. The van der Waals surface area contributed by atoms with E-state index >= 15 is 0 Å². The zero-order valence-electron chi connectivity index (χ0n) is 35.6. The summed E-state index contributed by atoms with van der Waals surface area (Å²) < 4.78 is 7.96. The van der Waals surface area contributed by atoms with E-state index in [0.29, 0.717) is 11.3 Å². The number of imide groups is 1. The van der Waals surface area contributed by atoms with E-state index in [1.165, 1.54) is 34.4 Å². The highest BCUT2D eigenvalue weighted by Gasteiger charge is 2.29. The number of carboxylic acid groups (broad SMARTS) is 1. The third kappa shape index (κ3) is 14.3. The number of carbonyl (C=O) groups is 7. The monoisotopic (exact) mass is 914 g/mol. The van der Waals surface area contributed by atoms with E-state index in [1.807, 2.05) is 6.07 Å². The van der Waals surface area contributed by atoms with Crippen LogP contribution in [0.3, 0.4) is 0 Å². The highest BCUT2D eigenvalue weighted by Crippen LogP contribution is 2.16. The number of carboxylic acids is 1. The minimum Gasteiger partial charge on any atom is -0.480 e. The van der Waals surface area contributed by atoms with Gasteiger partial charge < -0.3 is 62.8 Å². The summed E-state index contributed by atoms with van der Waals surface area (Å²) in [5, 5.41) is 17.1. The predicted molar refractivity (Wildman–Crippen MR) is 234 cm³/mol.